The van der Waals surface area contributed by atoms with Crippen LogP contribution >= 0.6 is 0 Å². The number of sulfonamides is 1. The normalized spacial score (nSPS) is 17.8. The fourth-order valence-corrected chi connectivity index (χ4v) is 5.35. The van der Waals surface area contributed by atoms with Crippen molar-refractivity contribution in [3.63, 3.8) is 0 Å². The van der Waals surface area contributed by atoms with Gasteiger partial charge >= 0.3 is 0 Å². The first kappa shape index (κ1) is 19.3. The van der Waals surface area contributed by atoms with Crippen molar-refractivity contribution in [1.82, 2.24) is 4.31 Å². The predicted molar refractivity (Wildman–Crippen MR) is 101 cm³/mol. The Hall–Kier alpha value is -2.45. The van der Waals surface area contributed by atoms with Gasteiger partial charge in [0.15, 0.2) is 0 Å². The summed E-state index contributed by atoms with van der Waals surface area (Å²) in [4.78, 5) is 10.5. The Morgan fingerprint density at radius 2 is 1.93 bits per heavy atom. The molecule has 2 aromatic carbocycles. The summed E-state index contributed by atoms with van der Waals surface area (Å²) in [5.74, 6) is 0.739. The zero-order chi connectivity index (χ0) is 19.6. The van der Waals surface area contributed by atoms with Crippen LogP contribution in [0.25, 0.3) is 0 Å². The first-order valence-corrected chi connectivity index (χ1v) is 10.3. The Morgan fingerprint density at radius 1 is 1.22 bits per heavy atom. The molecule has 0 amide bonds. The van der Waals surface area contributed by atoms with Gasteiger partial charge in [-0.1, -0.05) is 18.2 Å². The van der Waals surface area contributed by atoms with E-state index < -0.39 is 14.9 Å². The second-order valence-corrected chi connectivity index (χ2v) is 8.34. The molecule has 1 aliphatic rings. The minimum absolute atomic E-state index is 0.00506. The highest BCUT2D eigenvalue weighted by Gasteiger charge is 2.37. The molecule has 1 atom stereocenters. The van der Waals surface area contributed by atoms with Gasteiger partial charge in [0.2, 0.25) is 10.0 Å². The molecule has 8 heteroatoms. The monoisotopic (exact) mass is 390 g/mol. The van der Waals surface area contributed by atoms with Crippen LogP contribution < -0.4 is 4.74 Å². The minimum atomic E-state index is -3.85. The van der Waals surface area contributed by atoms with Crippen LogP contribution in [-0.4, -0.2) is 30.8 Å². The van der Waals surface area contributed by atoms with E-state index in [1.807, 2.05) is 31.2 Å². The highest BCUT2D eigenvalue weighted by atomic mass is 32.2. The third-order valence-electron chi connectivity index (χ3n) is 4.75. The van der Waals surface area contributed by atoms with E-state index in [0.717, 1.165) is 23.8 Å². The zero-order valence-corrected chi connectivity index (χ0v) is 16.1. The van der Waals surface area contributed by atoms with Crippen LogP contribution in [-0.2, 0) is 10.0 Å². The molecule has 1 aliphatic heterocycles. The topological polar surface area (TPSA) is 89.8 Å². The van der Waals surface area contributed by atoms with Crippen LogP contribution in [0.2, 0.25) is 0 Å². The number of ether oxygens (including phenoxy) is 1. The molecule has 0 bridgehead atoms. The van der Waals surface area contributed by atoms with Gasteiger partial charge in [-0.05, 0) is 49.9 Å². The molecule has 7 nitrogen and oxygen atoms in total. The number of hydrogen-bond donors (Lipinski definition) is 0. The van der Waals surface area contributed by atoms with Crippen LogP contribution in [0.4, 0.5) is 5.69 Å². The first-order valence-electron chi connectivity index (χ1n) is 8.84. The Balaban J connectivity index is 1.96. The maximum Gasteiger partial charge on any atom is 0.270 e. The van der Waals surface area contributed by atoms with Crippen LogP contribution in [0, 0.1) is 17.0 Å². The van der Waals surface area contributed by atoms with Gasteiger partial charge in [0.05, 0.1) is 22.5 Å². The molecule has 1 heterocycles. The van der Waals surface area contributed by atoms with Gasteiger partial charge in [-0.15, -0.1) is 0 Å². The lowest BCUT2D eigenvalue weighted by Gasteiger charge is -2.25. The van der Waals surface area contributed by atoms with Crippen molar-refractivity contribution < 1.29 is 18.1 Å². The second-order valence-electron chi connectivity index (χ2n) is 6.48. The molecule has 0 saturated carbocycles. The van der Waals surface area contributed by atoms with Crippen molar-refractivity contribution in [3.05, 3.63) is 63.7 Å². The molecule has 0 aliphatic carbocycles. The first-order chi connectivity index (χ1) is 12.8. The lowest BCUT2D eigenvalue weighted by atomic mass is 10.1. The largest absolute Gasteiger partial charge is 0.494 e. The molecule has 144 valence electrons. The van der Waals surface area contributed by atoms with E-state index in [0.29, 0.717) is 25.1 Å². The lowest BCUT2D eigenvalue weighted by molar-refractivity contribution is -0.385. The second kappa shape index (κ2) is 7.66. The minimum Gasteiger partial charge on any atom is -0.494 e. The molecule has 0 aromatic heterocycles. The number of rotatable bonds is 6. The van der Waals surface area contributed by atoms with E-state index in [1.165, 1.54) is 16.4 Å². The number of nitrogens with zero attached hydrogens (tertiary/aromatic N) is 2. The summed E-state index contributed by atoms with van der Waals surface area (Å²) in [6.07, 6.45) is 1.45. The Morgan fingerprint density at radius 3 is 2.56 bits per heavy atom. The molecule has 1 fully saturated rings. The molecule has 0 spiro atoms. The molecular weight excluding hydrogens is 368 g/mol. The van der Waals surface area contributed by atoms with E-state index in [-0.39, 0.29) is 16.6 Å². The van der Waals surface area contributed by atoms with E-state index >= 15 is 0 Å². The smallest absolute Gasteiger partial charge is 0.270 e. The van der Waals surface area contributed by atoms with Crippen LogP contribution in [0.1, 0.15) is 36.9 Å². The van der Waals surface area contributed by atoms with Gasteiger partial charge in [-0.25, -0.2) is 8.42 Å². The van der Waals surface area contributed by atoms with E-state index in [1.54, 1.807) is 6.92 Å². The zero-order valence-electron chi connectivity index (χ0n) is 15.3. The molecular formula is C19H22N2O5S. The van der Waals surface area contributed by atoms with E-state index in [4.69, 9.17) is 4.74 Å². The van der Waals surface area contributed by atoms with Crippen LogP contribution in [0.15, 0.2) is 47.4 Å². The third kappa shape index (κ3) is 3.81. The van der Waals surface area contributed by atoms with Gasteiger partial charge < -0.3 is 4.74 Å². The number of non-ortho nitro benzene ring substituents is 1. The standard InChI is InChI=1S/C19H22N2O5S/c1-3-26-17-10-7-15(8-11-17)18-5-4-12-20(18)27(24,25)19-13-16(21(22)23)9-6-14(19)2/h6-11,13,18H,3-5,12H2,1-2H3. The molecule has 1 unspecified atom stereocenters. The summed E-state index contributed by atoms with van der Waals surface area (Å²) in [5, 5.41) is 11.1. The van der Waals surface area contributed by atoms with Crippen molar-refractivity contribution in [2.75, 3.05) is 13.2 Å². The van der Waals surface area contributed by atoms with Crippen molar-refractivity contribution in [1.29, 1.82) is 0 Å². The molecule has 0 radical (unpaired) electrons. The highest BCUT2D eigenvalue weighted by molar-refractivity contribution is 7.89. The quantitative estimate of drug-likeness (QED) is 0.552. The molecule has 0 N–H and O–H groups in total. The molecule has 1 saturated heterocycles. The van der Waals surface area contributed by atoms with Gasteiger partial charge in [-0.2, -0.15) is 4.31 Å². The fraction of sp³-hybridized carbons (Fsp3) is 0.368. The van der Waals surface area contributed by atoms with E-state index in [9.17, 15) is 18.5 Å². The van der Waals surface area contributed by atoms with Crippen molar-refractivity contribution >= 4 is 15.7 Å². The maximum absolute atomic E-state index is 13.3. The van der Waals surface area contributed by atoms with Crippen LogP contribution in [0.3, 0.4) is 0 Å². The Kier molecular flexibility index (Phi) is 5.48. The molecule has 27 heavy (non-hydrogen) atoms. The number of aryl methyl sites for hydroxylation is 1. The summed E-state index contributed by atoms with van der Waals surface area (Å²) in [6, 6.07) is 11.1. The average Bonchev–Trinajstić information content (AvgIpc) is 3.13. The number of nitro benzene ring substituents is 1. The number of hydrogen-bond acceptors (Lipinski definition) is 5. The summed E-state index contributed by atoms with van der Waals surface area (Å²) in [7, 11) is -3.85. The van der Waals surface area contributed by atoms with Gasteiger partial charge in [0, 0.05) is 18.7 Å². The maximum atomic E-state index is 13.3. The van der Waals surface area contributed by atoms with Crippen LogP contribution in [0.5, 0.6) is 5.75 Å². The summed E-state index contributed by atoms with van der Waals surface area (Å²) in [5.41, 5.74) is 1.16. The number of nitro groups is 1. The highest BCUT2D eigenvalue weighted by Crippen LogP contribution is 2.38. The fourth-order valence-electron chi connectivity index (χ4n) is 3.42. The van der Waals surface area contributed by atoms with Gasteiger partial charge in [0.1, 0.15) is 5.75 Å². The summed E-state index contributed by atoms with van der Waals surface area (Å²) >= 11 is 0. The Bertz CT molecular complexity index is 941. The Labute approximate surface area is 158 Å². The predicted octanol–water partition coefficient (Wildman–Crippen LogP) is 3.83. The SMILES string of the molecule is CCOc1ccc(C2CCCN2S(=O)(=O)c2cc([N+](=O)[O-])ccc2C)cc1. The van der Waals surface area contributed by atoms with Crippen molar-refractivity contribution in [2.45, 2.75) is 37.6 Å². The number of benzene rings is 2. The van der Waals surface area contributed by atoms with Crippen molar-refractivity contribution in [3.8, 4) is 5.75 Å². The van der Waals surface area contributed by atoms with Gasteiger partial charge in [0.25, 0.3) is 5.69 Å². The molecule has 2 aromatic rings. The summed E-state index contributed by atoms with van der Waals surface area (Å²) < 4.78 is 33.4. The van der Waals surface area contributed by atoms with Crippen molar-refractivity contribution in [2.24, 2.45) is 0 Å². The average molecular weight is 390 g/mol. The summed E-state index contributed by atoms with van der Waals surface area (Å²) in [6.45, 7) is 4.51. The third-order valence-corrected chi connectivity index (χ3v) is 6.80. The van der Waals surface area contributed by atoms with Gasteiger partial charge in [-0.3, -0.25) is 10.1 Å². The molecule has 3 rings (SSSR count). The van der Waals surface area contributed by atoms with E-state index in [2.05, 4.69) is 0 Å². The lowest BCUT2D eigenvalue weighted by Crippen LogP contribution is -2.31.